The highest BCUT2D eigenvalue weighted by Crippen LogP contribution is 2.33. The van der Waals surface area contributed by atoms with E-state index in [9.17, 15) is 27.6 Å². The number of alkyl halides is 3. The van der Waals surface area contributed by atoms with Crippen molar-refractivity contribution >= 4 is 17.8 Å². The predicted molar refractivity (Wildman–Crippen MR) is 84.4 cm³/mol. The minimum absolute atomic E-state index is 0.0421. The second kappa shape index (κ2) is 7.05. The quantitative estimate of drug-likeness (QED) is 0.770. The van der Waals surface area contributed by atoms with Crippen LogP contribution in [0.2, 0.25) is 0 Å². The zero-order valence-electron chi connectivity index (χ0n) is 14.1. The number of amides is 4. The second-order valence-corrected chi connectivity index (χ2v) is 6.44. The molecule has 4 amide bonds. The third-order valence-electron chi connectivity index (χ3n) is 4.46. The molecule has 0 aromatic carbocycles. The Labute approximate surface area is 152 Å². The highest BCUT2D eigenvalue weighted by molar-refractivity contribution is 6.09. The summed E-state index contributed by atoms with van der Waals surface area (Å²) in [6.45, 7) is -1.50. The van der Waals surface area contributed by atoms with E-state index in [2.05, 4.69) is 20.5 Å². The average molecular weight is 386 g/mol. The molecule has 8 nitrogen and oxygen atoms in total. The van der Waals surface area contributed by atoms with Gasteiger partial charge in [-0.2, -0.15) is 18.2 Å². The van der Waals surface area contributed by atoms with Crippen LogP contribution in [0.1, 0.15) is 42.5 Å². The molecule has 2 fully saturated rings. The monoisotopic (exact) mass is 386 g/mol. The first-order chi connectivity index (χ1) is 12.7. The van der Waals surface area contributed by atoms with Gasteiger partial charge in [0.15, 0.2) is 6.61 Å². The van der Waals surface area contributed by atoms with Gasteiger partial charge < -0.3 is 10.1 Å². The molecular formula is C16H17F3N4O4. The molecule has 1 spiro atoms. The van der Waals surface area contributed by atoms with Crippen molar-refractivity contribution in [2.24, 2.45) is 0 Å². The number of nitrogens with zero attached hydrogens (tertiary/aromatic N) is 2. The molecule has 0 atom stereocenters. The molecule has 1 saturated carbocycles. The van der Waals surface area contributed by atoms with Crippen LogP contribution in [0, 0.1) is 0 Å². The number of hydrogen-bond acceptors (Lipinski definition) is 5. The zero-order valence-corrected chi connectivity index (χ0v) is 14.1. The predicted octanol–water partition coefficient (Wildman–Crippen LogP) is 1.92. The maximum absolute atomic E-state index is 12.6. The smallest absolute Gasteiger partial charge is 0.422 e. The molecule has 146 valence electrons. The van der Waals surface area contributed by atoms with Crippen LogP contribution in [0.15, 0.2) is 18.3 Å². The molecule has 3 rings (SSSR count). The Bertz CT molecular complexity index is 745. The van der Waals surface area contributed by atoms with Crippen molar-refractivity contribution < 1.29 is 32.3 Å². The van der Waals surface area contributed by atoms with Crippen molar-refractivity contribution in [1.82, 2.24) is 20.7 Å². The fraction of sp³-hybridized carbons (Fsp3) is 0.500. The van der Waals surface area contributed by atoms with E-state index < -0.39 is 36.2 Å². The molecule has 1 aromatic heterocycles. The molecule has 1 aromatic rings. The number of hydrazine groups is 1. The molecule has 1 aliphatic heterocycles. The molecular weight excluding hydrogens is 369 g/mol. The molecule has 11 heteroatoms. The van der Waals surface area contributed by atoms with Crippen LogP contribution in [0.3, 0.4) is 0 Å². The van der Waals surface area contributed by atoms with Crippen LogP contribution in [-0.4, -0.2) is 46.2 Å². The summed E-state index contributed by atoms with van der Waals surface area (Å²) in [5, 5.41) is 3.29. The summed E-state index contributed by atoms with van der Waals surface area (Å²) in [6.07, 6.45) is 0.0968. The number of imide groups is 1. The van der Waals surface area contributed by atoms with Crippen molar-refractivity contribution in [3.63, 3.8) is 0 Å². The van der Waals surface area contributed by atoms with Crippen molar-refractivity contribution in [2.75, 3.05) is 6.61 Å². The second-order valence-electron chi connectivity index (χ2n) is 6.44. The van der Waals surface area contributed by atoms with E-state index in [0.717, 1.165) is 31.5 Å². The van der Waals surface area contributed by atoms with Gasteiger partial charge in [-0.15, -0.1) is 0 Å². The van der Waals surface area contributed by atoms with Gasteiger partial charge in [-0.05, 0) is 18.9 Å². The first-order valence-electron chi connectivity index (χ1n) is 8.33. The van der Waals surface area contributed by atoms with Gasteiger partial charge in [-0.25, -0.2) is 9.78 Å². The Balaban J connectivity index is 1.63. The summed E-state index contributed by atoms with van der Waals surface area (Å²) < 4.78 is 40.8. The number of rotatable bonds is 4. The van der Waals surface area contributed by atoms with E-state index in [-0.39, 0.29) is 11.4 Å². The number of nitrogens with one attached hydrogen (secondary N) is 2. The van der Waals surface area contributed by atoms with Crippen molar-refractivity contribution in [3.8, 4) is 5.88 Å². The molecule has 1 saturated heterocycles. The van der Waals surface area contributed by atoms with E-state index >= 15 is 0 Å². The Morgan fingerprint density at radius 1 is 1.26 bits per heavy atom. The van der Waals surface area contributed by atoms with Crippen LogP contribution in [0.5, 0.6) is 5.88 Å². The van der Waals surface area contributed by atoms with Gasteiger partial charge in [0.25, 0.3) is 11.8 Å². The van der Waals surface area contributed by atoms with E-state index in [4.69, 9.17) is 0 Å². The minimum atomic E-state index is -4.50. The summed E-state index contributed by atoms with van der Waals surface area (Å²) in [5.74, 6) is -1.61. The number of halogens is 3. The molecule has 0 radical (unpaired) electrons. The summed E-state index contributed by atoms with van der Waals surface area (Å²) in [6, 6.07) is 1.56. The minimum Gasteiger partial charge on any atom is -0.468 e. The molecule has 2 heterocycles. The van der Waals surface area contributed by atoms with Crippen molar-refractivity contribution in [3.05, 3.63) is 23.9 Å². The summed E-state index contributed by atoms with van der Waals surface area (Å²) >= 11 is 0. The van der Waals surface area contributed by atoms with Gasteiger partial charge >= 0.3 is 12.2 Å². The molecule has 2 aliphatic rings. The number of ether oxygens (including phenoxy) is 1. The fourth-order valence-electron chi connectivity index (χ4n) is 3.14. The fourth-order valence-corrected chi connectivity index (χ4v) is 3.14. The van der Waals surface area contributed by atoms with Gasteiger partial charge in [0.1, 0.15) is 5.54 Å². The molecule has 1 aliphatic carbocycles. The van der Waals surface area contributed by atoms with Gasteiger partial charge in [0, 0.05) is 12.3 Å². The molecule has 0 unspecified atom stereocenters. The average Bonchev–Trinajstić information content (AvgIpc) is 2.84. The van der Waals surface area contributed by atoms with E-state index in [0.29, 0.717) is 17.9 Å². The summed E-state index contributed by atoms with van der Waals surface area (Å²) in [7, 11) is 0. The van der Waals surface area contributed by atoms with Gasteiger partial charge in [0.2, 0.25) is 5.88 Å². The van der Waals surface area contributed by atoms with E-state index in [1.54, 1.807) is 0 Å². The van der Waals surface area contributed by atoms with Crippen LogP contribution in [0.25, 0.3) is 0 Å². The van der Waals surface area contributed by atoms with Crippen molar-refractivity contribution in [2.45, 2.75) is 43.8 Å². The number of carbonyl (C=O) groups excluding carboxylic acids is 3. The van der Waals surface area contributed by atoms with Crippen molar-refractivity contribution in [1.29, 1.82) is 0 Å². The lowest BCUT2D eigenvalue weighted by molar-refractivity contribution is -0.154. The number of urea groups is 1. The third-order valence-corrected chi connectivity index (χ3v) is 4.46. The lowest BCUT2D eigenvalue weighted by Gasteiger charge is -2.30. The molecule has 0 bridgehead atoms. The highest BCUT2D eigenvalue weighted by Gasteiger charge is 2.52. The van der Waals surface area contributed by atoms with Crippen LogP contribution in [0.4, 0.5) is 18.0 Å². The lowest BCUT2D eigenvalue weighted by atomic mass is 9.82. The maximum atomic E-state index is 12.6. The van der Waals surface area contributed by atoms with Crippen LogP contribution < -0.4 is 15.5 Å². The number of pyridine rings is 1. The third kappa shape index (κ3) is 4.12. The highest BCUT2D eigenvalue weighted by atomic mass is 19.4. The zero-order chi connectivity index (χ0) is 19.7. The van der Waals surface area contributed by atoms with Gasteiger partial charge in [0.05, 0.1) is 5.56 Å². The van der Waals surface area contributed by atoms with E-state index in [1.165, 1.54) is 6.07 Å². The number of aromatic nitrogens is 1. The summed E-state index contributed by atoms with van der Waals surface area (Å²) in [4.78, 5) is 40.5. The summed E-state index contributed by atoms with van der Waals surface area (Å²) in [5.41, 5.74) is 1.20. The first-order valence-corrected chi connectivity index (χ1v) is 8.33. The Hall–Kier alpha value is -2.85. The molecule has 2 N–H and O–H groups in total. The Kier molecular flexibility index (Phi) is 4.94. The number of carbonyl (C=O) groups is 3. The SMILES string of the molecule is O=C(NN1C(=O)NC2(CCCCC2)C1=O)c1ccc(OCC(F)(F)F)nc1. The van der Waals surface area contributed by atoms with Crippen LogP contribution >= 0.6 is 0 Å². The largest absolute Gasteiger partial charge is 0.468 e. The van der Waals surface area contributed by atoms with Gasteiger partial charge in [-0.3, -0.25) is 15.0 Å². The first kappa shape index (κ1) is 18.9. The number of hydrogen-bond donors (Lipinski definition) is 2. The maximum Gasteiger partial charge on any atom is 0.422 e. The van der Waals surface area contributed by atoms with Crippen LogP contribution in [-0.2, 0) is 4.79 Å². The van der Waals surface area contributed by atoms with Gasteiger partial charge in [-0.1, -0.05) is 19.3 Å². The Morgan fingerprint density at radius 3 is 2.56 bits per heavy atom. The standard InChI is InChI=1S/C16H17F3N4O4/c17-16(18,19)9-27-11-5-4-10(8-20-11)12(24)22-23-13(25)15(21-14(23)26)6-2-1-3-7-15/h4-5,8H,1-3,6-7,9H2,(H,21,26)(H,22,24). The topological polar surface area (TPSA) is 101 Å². The normalized spacial score (nSPS) is 19.1. The van der Waals surface area contributed by atoms with E-state index in [1.807, 2.05) is 0 Å². The Morgan fingerprint density at radius 2 is 1.96 bits per heavy atom. The lowest BCUT2D eigenvalue weighted by Crippen LogP contribution is -2.50. The molecule has 27 heavy (non-hydrogen) atoms.